The predicted molar refractivity (Wildman–Crippen MR) is 98.4 cm³/mol. The molecule has 2 bridgehead atoms. The molecule has 3 aromatic rings. The van der Waals surface area contributed by atoms with Gasteiger partial charge >= 0.3 is 0 Å². The Bertz CT molecular complexity index is 1090. The second kappa shape index (κ2) is 6.75. The maximum absolute atomic E-state index is 14.5. The molecule has 0 aromatic carbocycles. The van der Waals surface area contributed by atoms with Gasteiger partial charge in [-0.3, -0.25) is 5.10 Å². The average molecular weight is 398 g/mol. The number of nitrogens with zero attached hydrogens (tertiary/aromatic N) is 3. The molecule has 6 rings (SSSR count). The summed E-state index contributed by atoms with van der Waals surface area (Å²) in [6.07, 6.45) is 4.59. The summed E-state index contributed by atoms with van der Waals surface area (Å²) in [7, 11) is 0. The van der Waals surface area contributed by atoms with E-state index in [9.17, 15) is 18.7 Å². The SMILES string of the molecule is O=C([O-])[C@@H]1C2CCC(CC2)[C@H]1Nc1nc(-c2[nH]nc3ncc(F)cc23)ccc1F. The molecule has 0 saturated heterocycles. The summed E-state index contributed by atoms with van der Waals surface area (Å²) in [4.78, 5) is 20.0. The molecular weight excluding hydrogens is 380 g/mol. The van der Waals surface area contributed by atoms with Crippen molar-refractivity contribution in [3.8, 4) is 11.4 Å². The van der Waals surface area contributed by atoms with Gasteiger partial charge in [0, 0.05) is 17.9 Å². The molecule has 150 valence electrons. The Morgan fingerprint density at radius 1 is 1.17 bits per heavy atom. The predicted octanol–water partition coefficient (Wildman–Crippen LogP) is 2.26. The van der Waals surface area contributed by atoms with E-state index in [1.807, 2.05) is 0 Å². The zero-order chi connectivity index (χ0) is 20.1. The summed E-state index contributed by atoms with van der Waals surface area (Å²) in [6, 6.07) is 3.56. The van der Waals surface area contributed by atoms with E-state index in [1.165, 1.54) is 18.2 Å². The van der Waals surface area contributed by atoms with Crippen molar-refractivity contribution < 1.29 is 18.7 Å². The molecule has 3 aromatic heterocycles. The molecule has 3 aliphatic rings. The van der Waals surface area contributed by atoms with Crippen LogP contribution in [0.25, 0.3) is 22.4 Å². The van der Waals surface area contributed by atoms with Gasteiger partial charge in [0.2, 0.25) is 0 Å². The van der Waals surface area contributed by atoms with Gasteiger partial charge in [-0.05, 0) is 55.7 Å². The fraction of sp³-hybridized carbons (Fsp3) is 0.400. The Labute approximate surface area is 164 Å². The van der Waals surface area contributed by atoms with E-state index in [4.69, 9.17) is 0 Å². The number of halogens is 2. The van der Waals surface area contributed by atoms with Gasteiger partial charge in [-0.1, -0.05) is 0 Å². The normalized spacial score (nSPS) is 26.0. The molecule has 0 amide bonds. The Morgan fingerprint density at radius 3 is 2.69 bits per heavy atom. The molecule has 3 saturated carbocycles. The van der Waals surface area contributed by atoms with Gasteiger partial charge < -0.3 is 15.2 Å². The number of carbonyl (C=O) groups is 1. The van der Waals surface area contributed by atoms with Gasteiger partial charge in [0.05, 0.1) is 23.0 Å². The van der Waals surface area contributed by atoms with Gasteiger partial charge in [-0.25, -0.2) is 18.7 Å². The monoisotopic (exact) mass is 398 g/mol. The molecule has 0 aliphatic heterocycles. The quantitative estimate of drug-likeness (QED) is 0.698. The maximum atomic E-state index is 14.5. The molecule has 7 nitrogen and oxygen atoms in total. The first-order valence-electron chi connectivity index (χ1n) is 9.65. The number of anilines is 1. The lowest BCUT2D eigenvalue weighted by Gasteiger charge is -2.49. The van der Waals surface area contributed by atoms with Crippen molar-refractivity contribution in [3.05, 3.63) is 36.0 Å². The van der Waals surface area contributed by atoms with Crippen LogP contribution in [0.4, 0.5) is 14.6 Å². The van der Waals surface area contributed by atoms with E-state index >= 15 is 0 Å². The lowest BCUT2D eigenvalue weighted by Crippen LogP contribution is -2.55. The number of H-pyrrole nitrogens is 1. The highest BCUT2D eigenvalue weighted by Crippen LogP contribution is 2.46. The number of hydrogen-bond donors (Lipinski definition) is 2. The highest BCUT2D eigenvalue weighted by atomic mass is 19.1. The van der Waals surface area contributed by atoms with Crippen LogP contribution in [0.1, 0.15) is 25.7 Å². The maximum Gasteiger partial charge on any atom is 0.181 e. The van der Waals surface area contributed by atoms with Crippen molar-refractivity contribution in [2.45, 2.75) is 31.7 Å². The highest BCUT2D eigenvalue weighted by molar-refractivity contribution is 5.89. The van der Waals surface area contributed by atoms with E-state index < -0.39 is 29.6 Å². The van der Waals surface area contributed by atoms with Crippen molar-refractivity contribution in [2.24, 2.45) is 17.8 Å². The zero-order valence-electron chi connectivity index (χ0n) is 15.4. The van der Waals surface area contributed by atoms with Gasteiger partial charge in [0.1, 0.15) is 5.82 Å². The number of aromatic nitrogens is 4. The number of rotatable bonds is 4. The van der Waals surface area contributed by atoms with Crippen LogP contribution in [0.5, 0.6) is 0 Å². The average Bonchev–Trinajstić information content (AvgIpc) is 3.13. The Hall–Kier alpha value is -3.10. The minimum atomic E-state index is -1.10. The lowest BCUT2D eigenvalue weighted by molar-refractivity contribution is -0.316. The number of fused-ring (bicyclic) bond motifs is 4. The number of hydrogen-bond acceptors (Lipinski definition) is 6. The summed E-state index contributed by atoms with van der Waals surface area (Å²) in [5.74, 6) is -2.72. The first kappa shape index (κ1) is 18.0. The third kappa shape index (κ3) is 3.01. The molecule has 29 heavy (non-hydrogen) atoms. The fourth-order valence-electron chi connectivity index (χ4n) is 4.91. The van der Waals surface area contributed by atoms with Crippen LogP contribution in [0.15, 0.2) is 24.4 Å². The largest absolute Gasteiger partial charge is 0.550 e. The summed E-state index contributed by atoms with van der Waals surface area (Å²) in [5.41, 5.74) is 1.09. The molecule has 3 fully saturated rings. The molecular formula is C20H18F2N5O2-. The molecule has 0 radical (unpaired) electrons. The van der Waals surface area contributed by atoms with Crippen molar-refractivity contribution in [2.75, 3.05) is 5.32 Å². The number of carbonyl (C=O) groups excluding carboxylic acids is 1. The zero-order valence-corrected chi connectivity index (χ0v) is 15.4. The smallest absolute Gasteiger partial charge is 0.181 e. The van der Waals surface area contributed by atoms with Crippen LogP contribution in [0.2, 0.25) is 0 Å². The van der Waals surface area contributed by atoms with Crippen LogP contribution in [0, 0.1) is 29.4 Å². The first-order valence-corrected chi connectivity index (χ1v) is 9.65. The molecule has 2 atom stereocenters. The molecule has 3 aliphatic carbocycles. The second-order valence-corrected chi connectivity index (χ2v) is 7.84. The van der Waals surface area contributed by atoms with E-state index in [0.717, 1.165) is 31.9 Å². The number of aromatic amines is 1. The van der Waals surface area contributed by atoms with E-state index in [1.54, 1.807) is 0 Å². The van der Waals surface area contributed by atoms with Gasteiger partial charge in [0.15, 0.2) is 17.3 Å². The summed E-state index contributed by atoms with van der Waals surface area (Å²) >= 11 is 0. The summed E-state index contributed by atoms with van der Waals surface area (Å²) in [5, 5.41) is 22.0. The molecule has 0 spiro atoms. The summed E-state index contributed by atoms with van der Waals surface area (Å²) in [6.45, 7) is 0. The van der Waals surface area contributed by atoms with Crippen molar-refractivity contribution >= 4 is 22.8 Å². The van der Waals surface area contributed by atoms with Crippen LogP contribution in [0.3, 0.4) is 0 Å². The Balaban J connectivity index is 1.51. The van der Waals surface area contributed by atoms with Gasteiger partial charge in [0.25, 0.3) is 0 Å². The van der Waals surface area contributed by atoms with Gasteiger partial charge in [-0.15, -0.1) is 0 Å². The number of carboxylic acids is 1. The van der Waals surface area contributed by atoms with E-state index in [-0.39, 0.29) is 17.7 Å². The number of carboxylic acid groups (broad SMARTS) is 1. The fourth-order valence-corrected chi connectivity index (χ4v) is 4.91. The highest BCUT2D eigenvalue weighted by Gasteiger charge is 2.44. The van der Waals surface area contributed by atoms with Crippen molar-refractivity contribution in [3.63, 3.8) is 0 Å². The van der Waals surface area contributed by atoms with E-state index in [0.29, 0.717) is 22.4 Å². The first-order chi connectivity index (χ1) is 14.0. The second-order valence-electron chi connectivity index (χ2n) is 7.84. The summed E-state index contributed by atoms with van der Waals surface area (Å²) < 4.78 is 28.1. The van der Waals surface area contributed by atoms with Crippen LogP contribution < -0.4 is 10.4 Å². The van der Waals surface area contributed by atoms with Gasteiger partial charge in [-0.2, -0.15) is 5.10 Å². The third-order valence-electron chi connectivity index (χ3n) is 6.27. The van der Waals surface area contributed by atoms with Crippen LogP contribution in [-0.4, -0.2) is 32.2 Å². The number of pyridine rings is 2. The Morgan fingerprint density at radius 2 is 1.93 bits per heavy atom. The molecule has 9 heteroatoms. The van der Waals surface area contributed by atoms with Crippen LogP contribution in [-0.2, 0) is 4.79 Å². The molecule has 0 unspecified atom stereocenters. The number of aliphatic carboxylic acids is 1. The molecule has 3 heterocycles. The van der Waals surface area contributed by atoms with Crippen molar-refractivity contribution in [1.29, 1.82) is 0 Å². The molecule has 2 N–H and O–H groups in total. The van der Waals surface area contributed by atoms with Crippen molar-refractivity contribution in [1.82, 2.24) is 20.2 Å². The van der Waals surface area contributed by atoms with Crippen LogP contribution >= 0.6 is 0 Å². The van der Waals surface area contributed by atoms with E-state index in [2.05, 4.69) is 25.5 Å². The number of nitrogens with one attached hydrogen (secondary N) is 2. The minimum absolute atomic E-state index is 0.0292. The third-order valence-corrected chi connectivity index (χ3v) is 6.27. The minimum Gasteiger partial charge on any atom is -0.550 e. The topological polar surface area (TPSA) is 107 Å². The Kier molecular flexibility index (Phi) is 4.18. The lowest BCUT2D eigenvalue weighted by atomic mass is 9.61. The standard InChI is InChI=1S/C20H19F2N5O2/c21-11-7-12-17(26-27-18(12)23-8-11)14-6-5-13(22)19(24-14)25-16-10-3-1-9(2-4-10)15(16)20(28)29/h5-10,15-16H,1-4H2,(H,24,25)(H,28,29)(H,23,26,27)/p-1/t9?,10?,15-,16-/m1/s1.